The summed E-state index contributed by atoms with van der Waals surface area (Å²) in [6, 6.07) is 5.03. The van der Waals surface area contributed by atoms with Crippen LogP contribution >= 0.6 is 11.6 Å². The van der Waals surface area contributed by atoms with Crippen molar-refractivity contribution in [2.45, 2.75) is 18.9 Å². The molecule has 0 aliphatic carbocycles. The van der Waals surface area contributed by atoms with Crippen molar-refractivity contribution in [2.75, 3.05) is 5.32 Å². The molecule has 0 saturated heterocycles. The molecule has 1 aliphatic rings. The number of rotatable bonds is 0. The van der Waals surface area contributed by atoms with Gasteiger partial charge in [0, 0.05) is 10.7 Å². The van der Waals surface area contributed by atoms with E-state index in [0.717, 1.165) is 17.7 Å². The average molecular weight is 211 g/mol. The molecule has 0 bridgehead atoms. The predicted molar refractivity (Wildman–Crippen MR) is 56.4 cm³/mol. The first-order valence-electron chi connectivity index (χ1n) is 4.51. The number of nitrogens with two attached hydrogens (primary N) is 1. The molecule has 1 aliphatic heterocycles. The topological polar surface area (TPSA) is 55.1 Å². The van der Waals surface area contributed by atoms with Gasteiger partial charge in [-0.1, -0.05) is 11.6 Å². The van der Waals surface area contributed by atoms with Crippen LogP contribution in [-0.2, 0) is 11.2 Å². The van der Waals surface area contributed by atoms with Crippen molar-refractivity contribution in [2.24, 2.45) is 5.73 Å². The smallest absolute Gasteiger partial charge is 0.241 e. The predicted octanol–water partition coefficient (Wildman–Crippen LogP) is 1.55. The van der Waals surface area contributed by atoms with Crippen molar-refractivity contribution in [1.82, 2.24) is 0 Å². The van der Waals surface area contributed by atoms with E-state index in [-0.39, 0.29) is 5.91 Å². The van der Waals surface area contributed by atoms with Crippen LogP contribution in [0.3, 0.4) is 0 Å². The van der Waals surface area contributed by atoms with Gasteiger partial charge in [0.15, 0.2) is 0 Å². The van der Waals surface area contributed by atoms with Gasteiger partial charge in [-0.25, -0.2) is 0 Å². The highest BCUT2D eigenvalue weighted by Gasteiger charge is 2.19. The maximum Gasteiger partial charge on any atom is 0.241 e. The molecular formula is C10H11ClN2O. The first-order valence-corrected chi connectivity index (χ1v) is 4.89. The largest absolute Gasteiger partial charge is 0.324 e. The van der Waals surface area contributed by atoms with Crippen LogP contribution < -0.4 is 11.1 Å². The van der Waals surface area contributed by atoms with E-state index in [1.54, 1.807) is 6.07 Å². The molecule has 0 radical (unpaired) electrons. The molecule has 1 unspecified atom stereocenters. The Morgan fingerprint density at radius 1 is 1.50 bits per heavy atom. The second kappa shape index (κ2) is 3.59. The molecule has 74 valence electrons. The summed E-state index contributed by atoms with van der Waals surface area (Å²) in [5, 5.41) is 3.47. The molecule has 0 spiro atoms. The van der Waals surface area contributed by atoms with Gasteiger partial charge in [0.25, 0.3) is 0 Å². The summed E-state index contributed by atoms with van der Waals surface area (Å²) < 4.78 is 0. The Morgan fingerprint density at radius 3 is 3.07 bits per heavy atom. The number of aryl methyl sites for hydroxylation is 1. The standard InChI is InChI=1S/C10H11ClN2O/c11-7-2-4-9-6(5-7)1-3-8(12)10(14)13-9/h2,4-5,8H,1,3,12H2,(H,13,14). The Hall–Kier alpha value is -1.06. The van der Waals surface area contributed by atoms with Gasteiger partial charge in [0.1, 0.15) is 0 Å². The van der Waals surface area contributed by atoms with Gasteiger partial charge in [-0.2, -0.15) is 0 Å². The van der Waals surface area contributed by atoms with E-state index in [0.29, 0.717) is 11.4 Å². The molecule has 14 heavy (non-hydrogen) atoms. The van der Waals surface area contributed by atoms with Crippen LogP contribution in [0.5, 0.6) is 0 Å². The lowest BCUT2D eigenvalue weighted by atomic mass is 10.1. The minimum atomic E-state index is -0.416. The van der Waals surface area contributed by atoms with E-state index < -0.39 is 6.04 Å². The summed E-state index contributed by atoms with van der Waals surface area (Å²) in [4.78, 5) is 11.4. The molecule has 0 aromatic heterocycles. The quantitative estimate of drug-likeness (QED) is 0.683. The zero-order valence-corrected chi connectivity index (χ0v) is 8.34. The van der Waals surface area contributed by atoms with Crippen molar-refractivity contribution in [1.29, 1.82) is 0 Å². The number of anilines is 1. The third kappa shape index (κ3) is 1.74. The normalized spacial score (nSPS) is 21.0. The van der Waals surface area contributed by atoms with Gasteiger partial charge in [0.2, 0.25) is 5.91 Å². The van der Waals surface area contributed by atoms with Crippen molar-refractivity contribution in [3.63, 3.8) is 0 Å². The summed E-state index contributed by atoms with van der Waals surface area (Å²) in [5.74, 6) is -0.119. The zero-order chi connectivity index (χ0) is 10.1. The van der Waals surface area contributed by atoms with Crippen LogP contribution in [0.15, 0.2) is 18.2 Å². The Balaban J connectivity index is 2.37. The summed E-state index contributed by atoms with van der Waals surface area (Å²) in [5.41, 5.74) is 7.53. The van der Waals surface area contributed by atoms with Crippen LogP contribution in [0.4, 0.5) is 5.69 Å². The van der Waals surface area contributed by atoms with Gasteiger partial charge in [0.05, 0.1) is 6.04 Å². The number of carbonyl (C=O) groups is 1. The molecule has 3 nitrogen and oxygen atoms in total. The van der Waals surface area contributed by atoms with E-state index in [2.05, 4.69) is 5.32 Å². The van der Waals surface area contributed by atoms with E-state index >= 15 is 0 Å². The summed E-state index contributed by atoms with van der Waals surface area (Å²) >= 11 is 5.86. The van der Waals surface area contributed by atoms with Crippen LogP contribution in [0.2, 0.25) is 5.02 Å². The van der Waals surface area contributed by atoms with E-state index in [1.807, 2.05) is 12.1 Å². The van der Waals surface area contributed by atoms with Crippen molar-refractivity contribution in [3.8, 4) is 0 Å². The second-order valence-corrected chi connectivity index (χ2v) is 3.87. The Morgan fingerprint density at radius 2 is 2.29 bits per heavy atom. The van der Waals surface area contributed by atoms with Gasteiger partial charge in [-0.15, -0.1) is 0 Å². The lowest BCUT2D eigenvalue weighted by Crippen LogP contribution is -2.34. The van der Waals surface area contributed by atoms with E-state index in [1.165, 1.54) is 0 Å². The number of hydrogen-bond acceptors (Lipinski definition) is 2. The first-order chi connectivity index (χ1) is 6.66. The van der Waals surface area contributed by atoms with Crippen LogP contribution in [0.1, 0.15) is 12.0 Å². The third-order valence-corrected chi connectivity index (χ3v) is 2.62. The van der Waals surface area contributed by atoms with E-state index in [9.17, 15) is 4.79 Å². The lowest BCUT2D eigenvalue weighted by Gasteiger charge is -2.06. The molecule has 1 heterocycles. The maximum absolute atomic E-state index is 11.4. The van der Waals surface area contributed by atoms with E-state index in [4.69, 9.17) is 17.3 Å². The SMILES string of the molecule is NC1CCc2cc(Cl)ccc2NC1=O. The molecule has 0 fully saturated rings. The maximum atomic E-state index is 11.4. The number of halogens is 1. The average Bonchev–Trinajstić information content (AvgIpc) is 2.29. The van der Waals surface area contributed by atoms with Gasteiger partial charge < -0.3 is 11.1 Å². The molecule has 1 aromatic carbocycles. The Bertz CT molecular complexity index is 378. The monoisotopic (exact) mass is 210 g/mol. The minimum absolute atomic E-state index is 0.119. The fraction of sp³-hybridized carbons (Fsp3) is 0.300. The molecule has 3 N–H and O–H groups in total. The third-order valence-electron chi connectivity index (χ3n) is 2.39. The zero-order valence-electron chi connectivity index (χ0n) is 7.59. The molecular weight excluding hydrogens is 200 g/mol. The van der Waals surface area contributed by atoms with Gasteiger partial charge in [-0.05, 0) is 36.6 Å². The highest BCUT2D eigenvalue weighted by atomic mass is 35.5. The summed E-state index contributed by atoms with van der Waals surface area (Å²) in [6.07, 6.45) is 1.45. The molecule has 1 aromatic rings. The van der Waals surface area contributed by atoms with Crippen molar-refractivity contribution < 1.29 is 4.79 Å². The van der Waals surface area contributed by atoms with Crippen molar-refractivity contribution >= 4 is 23.2 Å². The Kier molecular flexibility index (Phi) is 2.44. The fourth-order valence-electron chi connectivity index (χ4n) is 1.56. The van der Waals surface area contributed by atoms with Crippen LogP contribution in [-0.4, -0.2) is 11.9 Å². The first kappa shape index (κ1) is 9.49. The molecule has 2 rings (SSSR count). The van der Waals surface area contributed by atoms with Gasteiger partial charge in [-0.3, -0.25) is 4.79 Å². The number of fused-ring (bicyclic) bond motifs is 1. The number of nitrogens with one attached hydrogen (secondary N) is 1. The summed E-state index contributed by atoms with van der Waals surface area (Å²) in [7, 11) is 0. The summed E-state index contributed by atoms with van der Waals surface area (Å²) in [6.45, 7) is 0. The van der Waals surface area contributed by atoms with Crippen LogP contribution in [0, 0.1) is 0 Å². The number of amides is 1. The van der Waals surface area contributed by atoms with Crippen LogP contribution in [0.25, 0.3) is 0 Å². The molecule has 1 atom stereocenters. The fourth-order valence-corrected chi connectivity index (χ4v) is 1.75. The molecule has 0 saturated carbocycles. The van der Waals surface area contributed by atoms with Crippen molar-refractivity contribution in [3.05, 3.63) is 28.8 Å². The number of carbonyl (C=O) groups excluding carboxylic acids is 1. The second-order valence-electron chi connectivity index (χ2n) is 3.44. The highest BCUT2D eigenvalue weighted by Crippen LogP contribution is 2.24. The number of benzene rings is 1. The molecule has 1 amide bonds. The highest BCUT2D eigenvalue weighted by molar-refractivity contribution is 6.30. The Labute approximate surface area is 87.2 Å². The molecule has 4 heteroatoms. The minimum Gasteiger partial charge on any atom is -0.324 e. The van der Waals surface area contributed by atoms with Gasteiger partial charge >= 0.3 is 0 Å². The number of hydrogen-bond donors (Lipinski definition) is 2. The lowest BCUT2D eigenvalue weighted by molar-refractivity contribution is -0.117.